The van der Waals surface area contributed by atoms with Crippen molar-refractivity contribution in [2.24, 2.45) is 17.4 Å². The van der Waals surface area contributed by atoms with Gasteiger partial charge in [0.1, 0.15) is 17.0 Å². The van der Waals surface area contributed by atoms with E-state index in [1.54, 1.807) is 11.8 Å². The van der Waals surface area contributed by atoms with Crippen LogP contribution in [0.1, 0.15) is 57.7 Å². The number of nitrogens with one attached hydrogen (secondary N) is 2. The normalized spacial score (nSPS) is 13.9. The predicted octanol–water partition coefficient (Wildman–Crippen LogP) is 6.28. The van der Waals surface area contributed by atoms with E-state index in [9.17, 15) is 0 Å². The van der Waals surface area contributed by atoms with Crippen LogP contribution in [0.3, 0.4) is 0 Å². The molecule has 0 saturated carbocycles. The molecule has 0 saturated heterocycles. The van der Waals surface area contributed by atoms with E-state index in [0.717, 1.165) is 45.3 Å². The third-order valence-electron chi connectivity index (χ3n) is 5.70. The van der Waals surface area contributed by atoms with Crippen LogP contribution in [0.25, 0.3) is 33.6 Å². The van der Waals surface area contributed by atoms with Gasteiger partial charge in [-0.25, -0.2) is 9.97 Å². The quantitative estimate of drug-likeness (QED) is 0.236. The largest absolute Gasteiger partial charge is 0.341 e. The van der Waals surface area contributed by atoms with Crippen molar-refractivity contribution in [3.8, 4) is 33.6 Å². The number of hydrogen-bond donors (Lipinski definition) is 4. The van der Waals surface area contributed by atoms with Crippen molar-refractivity contribution in [3.05, 3.63) is 72.6 Å². The maximum absolute atomic E-state index is 6.31. The van der Waals surface area contributed by atoms with Gasteiger partial charge in [0, 0.05) is 4.75 Å². The van der Waals surface area contributed by atoms with E-state index in [2.05, 4.69) is 103 Å². The molecular formula is C27H34N6S. The molecule has 4 rings (SSSR count). The van der Waals surface area contributed by atoms with Crippen molar-refractivity contribution >= 4 is 11.8 Å². The summed E-state index contributed by atoms with van der Waals surface area (Å²) in [6.45, 7) is 10.7. The lowest BCUT2D eigenvalue weighted by Crippen LogP contribution is -2.18. The smallest absolute Gasteiger partial charge is 0.133 e. The van der Waals surface area contributed by atoms with Gasteiger partial charge >= 0.3 is 0 Å². The van der Waals surface area contributed by atoms with Crippen molar-refractivity contribution in [2.45, 2.75) is 50.8 Å². The summed E-state index contributed by atoms with van der Waals surface area (Å²) in [5, 5.41) is -0.182. The number of aromatic amines is 2. The molecule has 0 bridgehead atoms. The lowest BCUT2D eigenvalue weighted by atomic mass is 10.0. The minimum absolute atomic E-state index is 0.0736. The molecule has 178 valence electrons. The fourth-order valence-electron chi connectivity index (χ4n) is 3.72. The summed E-state index contributed by atoms with van der Waals surface area (Å²) >= 11 is 1.69. The van der Waals surface area contributed by atoms with Gasteiger partial charge in [-0.15, -0.1) is 11.8 Å². The Hall–Kier alpha value is -2.87. The molecule has 0 radical (unpaired) electrons. The summed E-state index contributed by atoms with van der Waals surface area (Å²) < 4.78 is 0.0736. The van der Waals surface area contributed by atoms with E-state index >= 15 is 0 Å². The van der Waals surface area contributed by atoms with Crippen LogP contribution in [0.5, 0.6) is 0 Å². The molecule has 4 aromatic rings. The standard InChI is InChI=1S/C27H34N6S/c1-16(2)23(28)25-30-14-21(32-25)19-10-6-17(7-11-19)18-8-12-20(13-9-18)22-15-31-26(33-22)24(29)34-27(3,4)5/h6-16,23-24H,28-29H2,1-5H3,(H,30,32)(H,31,33). The maximum Gasteiger partial charge on any atom is 0.133 e. The topological polar surface area (TPSA) is 109 Å². The number of aromatic nitrogens is 4. The average Bonchev–Trinajstić information content (AvgIpc) is 3.48. The first-order chi connectivity index (χ1) is 16.1. The van der Waals surface area contributed by atoms with E-state index in [1.165, 1.54) is 0 Å². The Morgan fingerprint density at radius 2 is 1.12 bits per heavy atom. The van der Waals surface area contributed by atoms with Crippen molar-refractivity contribution in [1.82, 2.24) is 19.9 Å². The van der Waals surface area contributed by atoms with Crippen molar-refractivity contribution in [1.29, 1.82) is 0 Å². The van der Waals surface area contributed by atoms with Gasteiger partial charge < -0.3 is 21.4 Å². The number of nitrogens with zero attached hydrogens (tertiary/aromatic N) is 2. The van der Waals surface area contributed by atoms with Gasteiger partial charge in [-0.3, -0.25) is 0 Å². The number of imidazole rings is 2. The number of H-pyrrole nitrogens is 2. The van der Waals surface area contributed by atoms with E-state index < -0.39 is 0 Å². The van der Waals surface area contributed by atoms with Gasteiger partial charge in [0.05, 0.1) is 29.8 Å². The second kappa shape index (κ2) is 9.78. The molecule has 2 heterocycles. The molecule has 2 aromatic carbocycles. The fraction of sp³-hybridized carbons (Fsp3) is 0.333. The zero-order valence-corrected chi connectivity index (χ0v) is 21.3. The second-order valence-corrected chi connectivity index (χ2v) is 11.9. The SMILES string of the molecule is CC(C)C(N)c1ncc(-c2ccc(-c3ccc(-c4cnc(C(N)SC(C)(C)C)[nH]4)cc3)cc2)[nH]1. The first-order valence-corrected chi connectivity index (χ1v) is 12.5. The number of benzene rings is 2. The van der Waals surface area contributed by atoms with Crippen molar-refractivity contribution < 1.29 is 0 Å². The van der Waals surface area contributed by atoms with Crippen LogP contribution in [0, 0.1) is 5.92 Å². The molecule has 2 unspecified atom stereocenters. The summed E-state index contributed by atoms with van der Waals surface area (Å²) in [5.41, 5.74) is 19.0. The van der Waals surface area contributed by atoms with Gasteiger partial charge in [0.2, 0.25) is 0 Å². The predicted molar refractivity (Wildman–Crippen MR) is 143 cm³/mol. The number of hydrogen-bond acceptors (Lipinski definition) is 5. The fourth-order valence-corrected chi connectivity index (χ4v) is 4.71. The Bertz CT molecular complexity index is 1220. The summed E-state index contributed by atoms with van der Waals surface area (Å²) in [7, 11) is 0. The summed E-state index contributed by atoms with van der Waals surface area (Å²) in [4.78, 5) is 15.7. The minimum Gasteiger partial charge on any atom is -0.341 e. The monoisotopic (exact) mass is 474 g/mol. The molecule has 34 heavy (non-hydrogen) atoms. The van der Waals surface area contributed by atoms with Gasteiger partial charge in [-0.05, 0) is 28.2 Å². The van der Waals surface area contributed by atoms with Crippen LogP contribution in [-0.2, 0) is 0 Å². The minimum atomic E-state index is -0.182. The maximum atomic E-state index is 6.31. The summed E-state index contributed by atoms with van der Waals surface area (Å²) in [6.07, 6.45) is 3.71. The zero-order chi connectivity index (χ0) is 24.5. The van der Waals surface area contributed by atoms with Gasteiger partial charge in [-0.1, -0.05) is 83.1 Å². The number of thioether (sulfide) groups is 1. The molecule has 6 N–H and O–H groups in total. The van der Waals surface area contributed by atoms with E-state index in [4.69, 9.17) is 11.5 Å². The third-order valence-corrected chi connectivity index (χ3v) is 6.88. The highest BCUT2D eigenvalue weighted by atomic mass is 32.2. The van der Waals surface area contributed by atoms with Crippen LogP contribution in [0.4, 0.5) is 0 Å². The Kier molecular flexibility index (Phi) is 6.98. The van der Waals surface area contributed by atoms with Crippen LogP contribution in [0.15, 0.2) is 60.9 Å². The molecule has 0 aliphatic carbocycles. The third kappa shape index (κ3) is 5.60. The highest BCUT2D eigenvalue weighted by molar-refractivity contribution is 8.00. The van der Waals surface area contributed by atoms with Gasteiger partial charge in [0.15, 0.2) is 0 Å². The average molecular weight is 475 g/mol. The molecule has 0 amide bonds. The Labute approximate surface area is 206 Å². The van der Waals surface area contributed by atoms with Crippen molar-refractivity contribution in [2.75, 3.05) is 0 Å². The molecule has 7 heteroatoms. The molecular weight excluding hydrogens is 440 g/mol. The molecule has 0 aliphatic heterocycles. The summed E-state index contributed by atoms with van der Waals surface area (Å²) in [5.74, 6) is 1.95. The Morgan fingerprint density at radius 3 is 1.56 bits per heavy atom. The number of rotatable bonds is 7. The molecule has 6 nitrogen and oxygen atoms in total. The van der Waals surface area contributed by atoms with Gasteiger partial charge in [0.25, 0.3) is 0 Å². The van der Waals surface area contributed by atoms with Gasteiger partial charge in [-0.2, -0.15) is 0 Å². The van der Waals surface area contributed by atoms with Crippen LogP contribution in [-0.4, -0.2) is 24.7 Å². The lowest BCUT2D eigenvalue weighted by Gasteiger charge is -2.21. The Morgan fingerprint density at radius 1 is 0.706 bits per heavy atom. The van der Waals surface area contributed by atoms with E-state index in [1.807, 2.05) is 12.4 Å². The molecule has 0 aliphatic rings. The van der Waals surface area contributed by atoms with Crippen LogP contribution < -0.4 is 11.5 Å². The van der Waals surface area contributed by atoms with Crippen LogP contribution in [0.2, 0.25) is 0 Å². The highest BCUT2D eigenvalue weighted by Gasteiger charge is 2.20. The lowest BCUT2D eigenvalue weighted by molar-refractivity contribution is 0.494. The second-order valence-electron chi connectivity index (χ2n) is 9.94. The number of nitrogens with two attached hydrogens (primary N) is 2. The summed E-state index contributed by atoms with van der Waals surface area (Å²) in [6, 6.07) is 16.9. The Balaban J connectivity index is 1.47. The molecule has 0 spiro atoms. The van der Waals surface area contributed by atoms with Crippen molar-refractivity contribution in [3.63, 3.8) is 0 Å². The first kappa shape index (κ1) is 24.3. The van der Waals surface area contributed by atoms with E-state index in [-0.39, 0.29) is 16.2 Å². The highest BCUT2D eigenvalue weighted by Crippen LogP contribution is 2.34. The first-order valence-electron chi connectivity index (χ1n) is 11.6. The van der Waals surface area contributed by atoms with Crippen LogP contribution >= 0.6 is 11.8 Å². The molecule has 2 atom stereocenters. The molecule has 0 fully saturated rings. The zero-order valence-electron chi connectivity index (χ0n) is 20.5. The molecule has 2 aromatic heterocycles. The van der Waals surface area contributed by atoms with E-state index in [0.29, 0.717) is 5.92 Å².